The van der Waals surface area contributed by atoms with Crippen molar-refractivity contribution in [3.63, 3.8) is 0 Å². The standard InChI is InChI=1S/C15H18FNO5S/c1-22-15(19)7-4-11-2-5-13(6-3-11)17-9-12(8-14(17)18)10-23(16,20)21/h2-3,5-6,12H,4,7-10H2,1H3. The van der Waals surface area contributed by atoms with E-state index in [2.05, 4.69) is 4.74 Å². The largest absolute Gasteiger partial charge is 0.469 e. The van der Waals surface area contributed by atoms with Crippen molar-refractivity contribution in [1.29, 1.82) is 0 Å². The average molecular weight is 343 g/mol. The summed E-state index contributed by atoms with van der Waals surface area (Å²) < 4.78 is 38.7. The Morgan fingerprint density at radius 2 is 2.00 bits per heavy atom. The zero-order chi connectivity index (χ0) is 17.0. The van der Waals surface area contributed by atoms with Gasteiger partial charge in [0.05, 0.1) is 12.9 Å². The van der Waals surface area contributed by atoms with Crippen LogP contribution in [0.25, 0.3) is 0 Å². The molecule has 0 bridgehead atoms. The maximum atomic E-state index is 12.7. The SMILES string of the molecule is COC(=O)CCc1ccc(N2CC(CS(=O)(=O)F)CC2=O)cc1. The Balaban J connectivity index is 1.99. The monoisotopic (exact) mass is 343 g/mol. The van der Waals surface area contributed by atoms with Crippen LogP contribution in [0.2, 0.25) is 0 Å². The normalized spacial score (nSPS) is 18.3. The summed E-state index contributed by atoms with van der Waals surface area (Å²) in [5, 5.41) is 0. The van der Waals surface area contributed by atoms with Gasteiger partial charge in [-0.2, -0.15) is 8.42 Å². The lowest BCUT2D eigenvalue weighted by molar-refractivity contribution is -0.140. The van der Waals surface area contributed by atoms with E-state index < -0.39 is 21.9 Å². The Hall–Kier alpha value is -1.96. The first-order valence-corrected chi connectivity index (χ1v) is 8.72. The molecule has 0 N–H and O–H groups in total. The van der Waals surface area contributed by atoms with Gasteiger partial charge in [-0.1, -0.05) is 12.1 Å². The fourth-order valence-electron chi connectivity index (χ4n) is 2.62. The smallest absolute Gasteiger partial charge is 0.305 e. The van der Waals surface area contributed by atoms with Gasteiger partial charge < -0.3 is 9.64 Å². The van der Waals surface area contributed by atoms with Crippen molar-refractivity contribution >= 4 is 27.8 Å². The van der Waals surface area contributed by atoms with Crippen molar-refractivity contribution in [2.75, 3.05) is 24.3 Å². The van der Waals surface area contributed by atoms with E-state index in [1.54, 1.807) is 24.3 Å². The summed E-state index contributed by atoms with van der Waals surface area (Å²) in [5.74, 6) is -1.68. The van der Waals surface area contributed by atoms with Crippen molar-refractivity contribution in [2.45, 2.75) is 19.3 Å². The first kappa shape index (κ1) is 17.4. The van der Waals surface area contributed by atoms with E-state index in [1.165, 1.54) is 12.0 Å². The molecule has 0 aliphatic carbocycles. The molecule has 8 heteroatoms. The lowest BCUT2D eigenvalue weighted by Crippen LogP contribution is -2.25. The highest BCUT2D eigenvalue weighted by Crippen LogP contribution is 2.26. The van der Waals surface area contributed by atoms with E-state index >= 15 is 0 Å². The number of halogens is 1. The van der Waals surface area contributed by atoms with Gasteiger partial charge in [0.2, 0.25) is 5.91 Å². The number of hydrogen-bond acceptors (Lipinski definition) is 5. The van der Waals surface area contributed by atoms with Gasteiger partial charge in [-0.3, -0.25) is 9.59 Å². The number of benzene rings is 1. The summed E-state index contributed by atoms with van der Waals surface area (Å²) >= 11 is 0. The zero-order valence-corrected chi connectivity index (χ0v) is 13.5. The van der Waals surface area contributed by atoms with Gasteiger partial charge in [0.1, 0.15) is 0 Å². The Morgan fingerprint density at radius 1 is 1.35 bits per heavy atom. The second-order valence-corrected chi connectivity index (χ2v) is 6.93. The number of methoxy groups -OCH3 is 1. The molecule has 1 aromatic rings. The summed E-state index contributed by atoms with van der Waals surface area (Å²) in [6.07, 6.45) is 0.825. The van der Waals surface area contributed by atoms with E-state index in [-0.39, 0.29) is 31.3 Å². The van der Waals surface area contributed by atoms with Crippen LogP contribution in [0.15, 0.2) is 24.3 Å². The number of carbonyl (C=O) groups is 2. The molecular weight excluding hydrogens is 325 g/mol. The molecule has 1 heterocycles. The lowest BCUT2D eigenvalue weighted by Gasteiger charge is -2.17. The summed E-state index contributed by atoms with van der Waals surface area (Å²) in [7, 11) is -3.25. The minimum absolute atomic E-state index is 0.0211. The molecule has 0 spiro atoms. The Kier molecular flexibility index (Phi) is 5.35. The third kappa shape index (κ3) is 5.02. The summed E-state index contributed by atoms with van der Waals surface area (Å²) in [6.45, 7) is 0.184. The van der Waals surface area contributed by atoms with Gasteiger partial charge in [-0.15, -0.1) is 3.89 Å². The van der Waals surface area contributed by atoms with E-state index in [9.17, 15) is 21.9 Å². The van der Waals surface area contributed by atoms with Gasteiger partial charge >= 0.3 is 16.2 Å². The average Bonchev–Trinajstić information content (AvgIpc) is 2.83. The number of ether oxygens (including phenoxy) is 1. The molecule has 1 saturated heterocycles. The molecule has 1 aromatic carbocycles. The number of carbonyl (C=O) groups excluding carboxylic acids is 2. The molecule has 1 unspecified atom stereocenters. The van der Waals surface area contributed by atoms with Crippen molar-refractivity contribution in [1.82, 2.24) is 0 Å². The molecule has 2 rings (SSSR count). The number of esters is 1. The molecule has 1 atom stereocenters. The topological polar surface area (TPSA) is 80.8 Å². The van der Waals surface area contributed by atoms with Crippen LogP contribution in [0.3, 0.4) is 0 Å². The predicted octanol–water partition coefficient (Wildman–Crippen LogP) is 1.44. The lowest BCUT2D eigenvalue weighted by atomic mass is 10.1. The first-order chi connectivity index (χ1) is 10.8. The number of amides is 1. The van der Waals surface area contributed by atoms with Crippen molar-refractivity contribution < 1.29 is 26.6 Å². The van der Waals surface area contributed by atoms with Gasteiger partial charge in [-0.25, -0.2) is 0 Å². The molecule has 1 aliphatic rings. The van der Waals surface area contributed by atoms with Gasteiger partial charge in [-0.05, 0) is 24.1 Å². The van der Waals surface area contributed by atoms with Gasteiger partial charge in [0.25, 0.3) is 0 Å². The van der Waals surface area contributed by atoms with Gasteiger partial charge in [0.15, 0.2) is 0 Å². The van der Waals surface area contributed by atoms with Crippen LogP contribution >= 0.6 is 0 Å². The molecule has 0 saturated carbocycles. The molecular formula is C15H18FNO5S. The van der Waals surface area contributed by atoms with Crippen LogP contribution in [0.5, 0.6) is 0 Å². The first-order valence-electron chi connectivity index (χ1n) is 7.17. The maximum Gasteiger partial charge on any atom is 0.305 e. The fourth-order valence-corrected chi connectivity index (χ4v) is 3.40. The number of nitrogens with zero attached hydrogens (tertiary/aromatic N) is 1. The molecule has 23 heavy (non-hydrogen) atoms. The number of rotatable bonds is 6. The van der Waals surface area contributed by atoms with Crippen LogP contribution < -0.4 is 4.90 Å². The highest BCUT2D eigenvalue weighted by atomic mass is 32.3. The van der Waals surface area contributed by atoms with Crippen molar-refractivity contribution in [2.24, 2.45) is 5.92 Å². The molecule has 126 valence electrons. The van der Waals surface area contributed by atoms with Crippen LogP contribution in [0.1, 0.15) is 18.4 Å². The van der Waals surface area contributed by atoms with E-state index in [4.69, 9.17) is 0 Å². The Labute approximate surface area is 134 Å². The predicted molar refractivity (Wildman–Crippen MR) is 82.1 cm³/mol. The Bertz CT molecular complexity index is 686. The Morgan fingerprint density at radius 3 is 2.57 bits per heavy atom. The van der Waals surface area contributed by atoms with E-state index in [1.807, 2.05) is 0 Å². The molecule has 0 radical (unpaired) electrons. The van der Waals surface area contributed by atoms with Crippen molar-refractivity contribution in [3.8, 4) is 0 Å². The van der Waals surface area contributed by atoms with Crippen LogP contribution in [-0.4, -0.2) is 39.7 Å². The van der Waals surface area contributed by atoms with Crippen molar-refractivity contribution in [3.05, 3.63) is 29.8 Å². The summed E-state index contributed by atoms with van der Waals surface area (Å²) in [4.78, 5) is 24.5. The second-order valence-electron chi connectivity index (χ2n) is 5.52. The zero-order valence-electron chi connectivity index (χ0n) is 12.7. The highest BCUT2D eigenvalue weighted by Gasteiger charge is 2.33. The molecule has 1 fully saturated rings. The number of hydrogen-bond donors (Lipinski definition) is 0. The third-order valence-electron chi connectivity index (χ3n) is 3.73. The number of anilines is 1. The molecule has 0 aromatic heterocycles. The molecule has 1 aliphatic heterocycles. The quantitative estimate of drug-likeness (QED) is 0.577. The van der Waals surface area contributed by atoms with E-state index in [0.717, 1.165) is 5.56 Å². The highest BCUT2D eigenvalue weighted by molar-refractivity contribution is 7.86. The molecule has 1 amide bonds. The van der Waals surface area contributed by atoms with Crippen LogP contribution in [0, 0.1) is 5.92 Å². The van der Waals surface area contributed by atoms with Crippen LogP contribution in [0.4, 0.5) is 9.57 Å². The summed E-state index contributed by atoms with van der Waals surface area (Å²) in [5.41, 5.74) is 1.56. The van der Waals surface area contributed by atoms with Crippen LogP contribution in [-0.2, 0) is 31.0 Å². The van der Waals surface area contributed by atoms with E-state index in [0.29, 0.717) is 12.1 Å². The fraction of sp³-hybridized carbons (Fsp3) is 0.467. The maximum absolute atomic E-state index is 12.7. The molecule has 6 nitrogen and oxygen atoms in total. The summed E-state index contributed by atoms with van der Waals surface area (Å²) in [6, 6.07) is 7.06. The minimum atomic E-state index is -4.58. The second kappa shape index (κ2) is 7.08. The third-order valence-corrected chi connectivity index (χ3v) is 4.60. The van der Waals surface area contributed by atoms with Gasteiger partial charge in [0, 0.05) is 31.0 Å². The number of aryl methyl sites for hydroxylation is 1. The minimum Gasteiger partial charge on any atom is -0.469 e.